The fourth-order valence-corrected chi connectivity index (χ4v) is 6.13. The number of amides is 1. The molecule has 0 saturated carbocycles. The van der Waals surface area contributed by atoms with E-state index in [-0.39, 0.29) is 22.1 Å². The van der Waals surface area contributed by atoms with Crippen molar-refractivity contribution in [2.75, 3.05) is 25.2 Å². The summed E-state index contributed by atoms with van der Waals surface area (Å²) in [4.78, 5) is 11.6. The molecule has 280 valence electrons. The number of carbonyl (C=O) groups is 1. The van der Waals surface area contributed by atoms with E-state index in [2.05, 4.69) is 32.8 Å². The lowest BCUT2D eigenvalue weighted by Gasteiger charge is -2.25. The number of nitrogens with two attached hydrogens (primary N) is 2. The van der Waals surface area contributed by atoms with E-state index < -0.39 is 27.8 Å². The van der Waals surface area contributed by atoms with Gasteiger partial charge in [-0.1, -0.05) is 98.8 Å². The van der Waals surface area contributed by atoms with E-state index in [0.29, 0.717) is 47.6 Å². The first-order valence-electron chi connectivity index (χ1n) is 16.3. The number of aliphatic hydroxyl groups excluding tert-OH is 1. The van der Waals surface area contributed by atoms with E-state index in [1.807, 2.05) is 62.4 Å². The second-order valence-corrected chi connectivity index (χ2v) is 13.8. The van der Waals surface area contributed by atoms with Gasteiger partial charge in [-0.05, 0) is 30.3 Å². The molecule has 0 saturated heterocycles. The number of hydrogen-bond acceptors (Lipinski definition) is 12. The minimum atomic E-state index is -4.06. The Balaban J connectivity index is 0.000000185. The average Bonchev–Trinajstić information content (AvgIpc) is 3.42. The summed E-state index contributed by atoms with van der Waals surface area (Å²) < 4.78 is 34.2. The number of sulfonamides is 1. The lowest BCUT2D eigenvalue weighted by molar-refractivity contribution is 0.0474. The number of aliphatic hydroxyl groups is 2. The number of para-hydroxylation sites is 2. The number of aromatic nitrogens is 2. The molecule has 1 aliphatic heterocycles. The first kappa shape index (κ1) is 40.6. The highest BCUT2D eigenvalue weighted by molar-refractivity contribution is 7.89. The predicted molar refractivity (Wildman–Crippen MR) is 204 cm³/mol. The van der Waals surface area contributed by atoms with Crippen LogP contribution in [0, 0.1) is 0 Å². The number of nitrogen functional groups attached to an aromatic ring is 1. The molecule has 0 bridgehead atoms. The summed E-state index contributed by atoms with van der Waals surface area (Å²) in [5, 5.41) is 40.9. The van der Waals surface area contributed by atoms with Gasteiger partial charge in [0.1, 0.15) is 24.2 Å². The monoisotopic (exact) mass is 763 g/mol. The molecule has 4 aromatic carbocycles. The zero-order valence-electron chi connectivity index (χ0n) is 29.1. The summed E-state index contributed by atoms with van der Waals surface area (Å²) in [5.41, 5.74) is 1.47. The molecule has 0 spiro atoms. The molecule has 6 rings (SSSR count). The third-order valence-corrected chi connectivity index (χ3v) is 9.01. The minimum absolute atomic E-state index is 0.0625. The van der Waals surface area contributed by atoms with Crippen molar-refractivity contribution in [3.05, 3.63) is 132 Å². The smallest absolute Gasteiger partial charge is 0.254 e. The Morgan fingerprint density at radius 1 is 1.02 bits per heavy atom. The Hall–Kier alpha value is -5.13. The van der Waals surface area contributed by atoms with Crippen LogP contribution in [-0.4, -0.2) is 66.6 Å². The van der Waals surface area contributed by atoms with Crippen molar-refractivity contribution in [1.29, 1.82) is 0 Å². The number of hydrogen-bond donors (Lipinski definition) is 7. The van der Waals surface area contributed by atoms with Gasteiger partial charge >= 0.3 is 0 Å². The maximum atomic E-state index is 12.0. The molecule has 1 amide bonds. The minimum Gasteiger partial charge on any atom is -0.487 e. The zero-order chi connectivity index (χ0) is 38.6. The van der Waals surface area contributed by atoms with Crippen LogP contribution in [-0.2, 0) is 15.7 Å². The average molecular weight is 764 g/mol. The summed E-state index contributed by atoms with van der Waals surface area (Å²) in [5.74, 6) is 6.71. The maximum Gasteiger partial charge on any atom is 0.254 e. The van der Waals surface area contributed by atoms with Gasteiger partial charge in [0.25, 0.3) is 5.91 Å². The van der Waals surface area contributed by atoms with Gasteiger partial charge in [-0.25, -0.2) is 19.4 Å². The molecule has 2 atom stereocenters. The normalized spacial score (nSPS) is 15.2. The fraction of sp³-hybridized carbons (Fsp3) is 0.216. The Morgan fingerprint density at radius 2 is 1.68 bits per heavy atom. The van der Waals surface area contributed by atoms with Gasteiger partial charge in [0.2, 0.25) is 10.0 Å². The summed E-state index contributed by atoms with van der Waals surface area (Å²) in [6.07, 6.45) is 2.84. The number of halogens is 1. The Labute approximate surface area is 312 Å². The van der Waals surface area contributed by atoms with Crippen LogP contribution >= 0.6 is 11.6 Å². The first-order valence-corrected chi connectivity index (χ1v) is 18.2. The molecule has 1 aliphatic rings. The van der Waals surface area contributed by atoms with Crippen LogP contribution in [0.5, 0.6) is 11.5 Å². The fourth-order valence-electron chi connectivity index (χ4n) is 5.06. The molecule has 2 heterocycles. The van der Waals surface area contributed by atoms with Crippen LogP contribution in [0.4, 0.5) is 5.82 Å². The number of fused-ring (bicyclic) bond motifs is 2. The van der Waals surface area contributed by atoms with Gasteiger partial charge in [-0.15, -0.1) is 5.10 Å². The lowest BCUT2D eigenvalue weighted by atomic mass is 9.94. The standard InChI is InChI=1S/C15H23NO3.C14H11ClN2O4S.C8H8N4/c1-4-9-18-14-7-5-6-8-15(14)19-11-13(17)10-16-12(2)3;15-11-6-5-8(7-12(11)22(16,20)21)14(19)10-4-2-1-3-9(10)13(18)17-14;9-11-8-7-4-2-1-3-6(7)5-10-12-8/h4-8,12-13,16-17H,1,9-11H2,2-3H3;1-7,19H,(H,17,18)(H2,16,20,21);1-5H,9H2,(H,11,12). The quantitative estimate of drug-likeness (QED) is 0.0547. The highest BCUT2D eigenvalue weighted by Gasteiger charge is 2.43. The van der Waals surface area contributed by atoms with E-state index in [0.717, 1.165) is 16.8 Å². The molecule has 2 unspecified atom stereocenters. The molecule has 5 aromatic rings. The SMILES string of the molecule is C=CCOc1ccccc1OCC(O)CNC(C)C.NNc1nncc2ccccc12.NS(=O)(=O)c1cc(C2(O)NC(=O)c3ccccc32)ccc1Cl. The highest BCUT2D eigenvalue weighted by Crippen LogP contribution is 2.36. The Bertz CT molecular complexity index is 2130. The molecule has 0 fully saturated rings. The molecule has 0 radical (unpaired) electrons. The molecular formula is C37H42ClN7O7S. The first-order chi connectivity index (χ1) is 25.3. The maximum absolute atomic E-state index is 12.0. The van der Waals surface area contributed by atoms with Gasteiger partial charge in [-0.3, -0.25) is 4.79 Å². The number of anilines is 1. The third-order valence-electron chi connectivity index (χ3n) is 7.62. The van der Waals surface area contributed by atoms with Crippen molar-refractivity contribution in [1.82, 2.24) is 20.8 Å². The van der Waals surface area contributed by atoms with Gasteiger partial charge in [0.15, 0.2) is 23.0 Å². The van der Waals surface area contributed by atoms with E-state index in [1.165, 1.54) is 12.1 Å². The van der Waals surface area contributed by atoms with E-state index in [1.54, 1.807) is 36.5 Å². The molecular weight excluding hydrogens is 722 g/mol. The van der Waals surface area contributed by atoms with Crippen LogP contribution in [0.3, 0.4) is 0 Å². The highest BCUT2D eigenvalue weighted by atomic mass is 35.5. The number of hydrazine groups is 1. The summed E-state index contributed by atoms with van der Waals surface area (Å²) in [6.45, 7) is 8.84. The topological polar surface area (TPSA) is 224 Å². The molecule has 16 heteroatoms. The Kier molecular flexibility index (Phi) is 14.2. The second kappa shape index (κ2) is 18.6. The van der Waals surface area contributed by atoms with E-state index >= 15 is 0 Å². The molecule has 0 aliphatic carbocycles. The molecule has 53 heavy (non-hydrogen) atoms. The molecule has 9 N–H and O–H groups in total. The van der Waals surface area contributed by atoms with Gasteiger partial charge in [0.05, 0.1) is 11.2 Å². The largest absolute Gasteiger partial charge is 0.487 e. The number of primary sulfonamides is 1. The number of ether oxygens (including phenoxy) is 2. The number of nitrogens with one attached hydrogen (secondary N) is 3. The molecule has 1 aromatic heterocycles. The molecule has 14 nitrogen and oxygen atoms in total. The van der Waals surface area contributed by atoms with Gasteiger partial charge in [-0.2, -0.15) is 5.10 Å². The second-order valence-electron chi connectivity index (χ2n) is 11.9. The third kappa shape index (κ3) is 10.7. The van der Waals surface area contributed by atoms with Crippen molar-refractivity contribution in [3.63, 3.8) is 0 Å². The zero-order valence-corrected chi connectivity index (χ0v) is 30.6. The van der Waals surface area contributed by atoms with Crippen molar-refractivity contribution < 1.29 is 32.9 Å². The van der Waals surface area contributed by atoms with Crippen LogP contribution in [0.15, 0.2) is 115 Å². The van der Waals surface area contributed by atoms with Gasteiger partial charge < -0.3 is 35.7 Å². The number of rotatable bonds is 12. The van der Waals surface area contributed by atoms with Gasteiger partial charge in [0, 0.05) is 40.0 Å². The van der Waals surface area contributed by atoms with Crippen molar-refractivity contribution in [2.24, 2.45) is 11.0 Å². The van der Waals surface area contributed by atoms with Crippen LogP contribution in [0.1, 0.15) is 35.3 Å². The van der Waals surface area contributed by atoms with Crippen LogP contribution in [0.25, 0.3) is 10.8 Å². The van der Waals surface area contributed by atoms with E-state index in [4.69, 9.17) is 32.1 Å². The number of nitrogens with zero attached hydrogens (tertiary/aromatic N) is 2. The van der Waals surface area contributed by atoms with Crippen LogP contribution in [0.2, 0.25) is 5.02 Å². The lowest BCUT2D eigenvalue weighted by Crippen LogP contribution is -2.40. The predicted octanol–water partition coefficient (Wildman–Crippen LogP) is 3.83. The number of carbonyl (C=O) groups excluding carboxylic acids is 1. The van der Waals surface area contributed by atoms with Crippen molar-refractivity contribution in [3.8, 4) is 11.5 Å². The summed E-state index contributed by atoms with van der Waals surface area (Å²) in [6, 6.07) is 25.9. The van der Waals surface area contributed by atoms with Crippen LogP contribution < -0.4 is 36.5 Å². The summed E-state index contributed by atoms with van der Waals surface area (Å²) >= 11 is 5.83. The number of benzene rings is 4. The van der Waals surface area contributed by atoms with Crippen molar-refractivity contribution in [2.45, 2.75) is 36.6 Å². The Morgan fingerprint density at radius 3 is 2.36 bits per heavy atom. The van der Waals surface area contributed by atoms with Crippen molar-refractivity contribution >= 4 is 44.1 Å². The summed E-state index contributed by atoms with van der Waals surface area (Å²) in [7, 11) is -4.06. The van der Waals surface area contributed by atoms with E-state index in [9.17, 15) is 23.4 Å².